The number of carbonyl (C=O) groups excluding carboxylic acids is 2. The fourth-order valence-corrected chi connectivity index (χ4v) is 5.26. The number of carbonyl (C=O) groups is 2. The van der Waals surface area contributed by atoms with E-state index < -0.39 is 0 Å². The SMILES string of the molecule is CCCN(C(=O)CSc1nnc(-c2ccco2)n1CC)C1CCN(C(=O)c2ccccc2)CC1. The van der Waals surface area contributed by atoms with E-state index in [1.165, 1.54) is 11.8 Å². The number of benzene rings is 1. The smallest absolute Gasteiger partial charge is 0.253 e. The number of nitrogens with zero attached hydrogens (tertiary/aromatic N) is 5. The number of aromatic nitrogens is 3. The van der Waals surface area contributed by atoms with E-state index in [4.69, 9.17) is 4.42 Å². The molecule has 9 heteroatoms. The van der Waals surface area contributed by atoms with Crippen LogP contribution in [0.1, 0.15) is 43.5 Å². The van der Waals surface area contributed by atoms with E-state index in [0.717, 1.165) is 25.8 Å². The molecule has 0 spiro atoms. The van der Waals surface area contributed by atoms with Gasteiger partial charge in [-0.3, -0.25) is 14.2 Å². The van der Waals surface area contributed by atoms with E-state index >= 15 is 0 Å². The summed E-state index contributed by atoms with van der Waals surface area (Å²) < 4.78 is 7.44. The lowest BCUT2D eigenvalue weighted by molar-refractivity contribution is -0.131. The molecular formula is C25H31N5O3S. The molecule has 0 saturated carbocycles. The second kappa shape index (κ2) is 11.4. The molecule has 1 aromatic carbocycles. The highest BCUT2D eigenvalue weighted by atomic mass is 32.2. The molecule has 1 aliphatic heterocycles. The zero-order valence-electron chi connectivity index (χ0n) is 19.7. The molecule has 2 amide bonds. The number of amides is 2. The summed E-state index contributed by atoms with van der Waals surface area (Å²) in [4.78, 5) is 29.9. The molecule has 0 atom stereocenters. The average Bonchev–Trinajstić information content (AvgIpc) is 3.55. The first-order valence-electron chi connectivity index (χ1n) is 11.9. The minimum atomic E-state index is 0.0641. The lowest BCUT2D eigenvalue weighted by Gasteiger charge is -2.38. The van der Waals surface area contributed by atoms with Gasteiger partial charge in [-0.25, -0.2) is 0 Å². The molecule has 1 aliphatic rings. The summed E-state index contributed by atoms with van der Waals surface area (Å²) in [5, 5.41) is 9.27. The van der Waals surface area contributed by atoms with Crippen molar-refractivity contribution in [3.8, 4) is 11.6 Å². The minimum Gasteiger partial charge on any atom is -0.461 e. The number of hydrogen-bond donors (Lipinski definition) is 0. The Bertz CT molecular complexity index is 1080. The second-order valence-corrected chi connectivity index (χ2v) is 9.24. The van der Waals surface area contributed by atoms with Crippen LogP contribution < -0.4 is 0 Å². The molecule has 3 heterocycles. The fraction of sp³-hybridized carbons (Fsp3) is 0.440. The molecule has 180 valence electrons. The van der Waals surface area contributed by atoms with Gasteiger partial charge in [-0.1, -0.05) is 36.9 Å². The zero-order chi connectivity index (χ0) is 23.9. The van der Waals surface area contributed by atoms with Crippen molar-refractivity contribution in [1.29, 1.82) is 0 Å². The molecule has 0 aliphatic carbocycles. The van der Waals surface area contributed by atoms with Crippen molar-refractivity contribution in [2.45, 2.75) is 50.9 Å². The molecular weight excluding hydrogens is 450 g/mol. The average molecular weight is 482 g/mol. The van der Waals surface area contributed by atoms with Gasteiger partial charge in [-0.05, 0) is 50.5 Å². The third-order valence-electron chi connectivity index (χ3n) is 6.10. The molecule has 8 nitrogen and oxygen atoms in total. The van der Waals surface area contributed by atoms with E-state index in [2.05, 4.69) is 17.1 Å². The Morgan fingerprint density at radius 1 is 1.09 bits per heavy atom. The molecule has 0 bridgehead atoms. The van der Waals surface area contributed by atoms with Gasteiger partial charge < -0.3 is 14.2 Å². The van der Waals surface area contributed by atoms with Gasteiger partial charge in [-0.2, -0.15) is 0 Å². The molecule has 1 saturated heterocycles. The Hall–Kier alpha value is -3.07. The third kappa shape index (κ3) is 5.35. The van der Waals surface area contributed by atoms with Crippen molar-refractivity contribution in [3.05, 3.63) is 54.3 Å². The van der Waals surface area contributed by atoms with Gasteiger partial charge in [0.05, 0.1) is 12.0 Å². The van der Waals surface area contributed by atoms with Gasteiger partial charge in [0.15, 0.2) is 16.7 Å². The fourth-order valence-electron chi connectivity index (χ4n) is 4.37. The Kier molecular flexibility index (Phi) is 8.05. The van der Waals surface area contributed by atoms with Gasteiger partial charge >= 0.3 is 0 Å². The van der Waals surface area contributed by atoms with Crippen molar-refractivity contribution in [1.82, 2.24) is 24.6 Å². The number of rotatable bonds is 9. The molecule has 0 unspecified atom stereocenters. The Morgan fingerprint density at radius 2 is 1.85 bits per heavy atom. The lowest BCUT2D eigenvalue weighted by Crippen LogP contribution is -2.49. The summed E-state index contributed by atoms with van der Waals surface area (Å²) in [6, 6.07) is 13.2. The van der Waals surface area contributed by atoms with E-state index in [1.807, 2.05) is 63.8 Å². The molecule has 0 radical (unpaired) electrons. The minimum absolute atomic E-state index is 0.0641. The predicted molar refractivity (Wildman–Crippen MR) is 131 cm³/mol. The van der Waals surface area contributed by atoms with Crippen LogP contribution in [0.2, 0.25) is 0 Å². The van der Waals surface area contributed by atoms with Gasteiger partial charge in [-0.15, -0.1) is 10.2 Å². The summed E-state index contributed by atoms with van der Waals surface area (Å²) in [6.45, 7) is 6.84. The van der Waals surface area contributed by atoms with Gasteiger partial charge in [0.1, 0.15) is 0 Å². The summed E-state index contributed by atoms with van der Waals surface area (Å²) in [7, 11) is 0. The van der Waals surface area contributed by atoms with Crippen LogP contribution in [-0.4, -0.2) is 67.8 Å². The summed E-state index contributed by atoms with van der Waals surface area (Å²) in [6.07, 6.45) is 4.10. The van der Waals surface area contributed by atoms with Crippen molar-refractivity contribution in [3.63, 3.8) is 0 Å². The van der Waals surface area contributed by atoms with Gasteiger partial charge in [0.2, 0.25) is 5.91 Å². The quantitative estimate of drug-likeness (QED) is 0.426. The van der Waals surface area contributed by atoms with E-state index in [1.54, 1.807) is 6.26 Å². The van der Waals surface area contributed by atoms with Crippen molar-refractivity contribution in [2.75, 3.05) is 25.4 Å². The first kappa shape index (κ1) is 24.1. The van der Waals surface area contributed by atoms with Crippen LogP contribution in [0.4, 0.5) is 0 Å². The monoisotopic (exact) mass is 481 g/mol. The first-order chi connectivity index (χ1) is 16.6. The summed E-state index contributed by atoms with van der Waals surface area (Å²) in [5.74, 6) is 1.80. The van der Waals surface area contributed by atoms with Crippen LogP contribution in [0.25, 0.3) is 11.6 Å². The van der Waals surface area contributed by atoms with Crippen molar-refractivity contribution in [2.24, 2.45) is 0 Å². The molecule has 0 N–H and O–H groups in total. The normalized spacial score (nSPS) is 14.4. The lowest BCUT2D eigenvalue weighted by atomic mass is 10.0. The first-order valence-corrected chi connectivity index (χ1v) is 12.8. The van der Waals surface area contributed by atoms with Crippen LogP contribution in [0, 0.1) is 0 Å². The van der Waals surface area contributed by atoms with Crippen LogP contribution in [0.3, 0.4) is 0 Å². The van der Waals surface area contributed by atoms with Crippen molar-refractivity contribution >= 4 is 23.6 Å². The van der Waals surface area contributed by atoms with E-state index in [0.29, 0.717) is 47.7 Å². The van der Waals surface area contributed by atoms with E-state index in [9.17, 15) is 9.59 Å². The highest BCUT2D eigenvalue weighted by Crippen LogP contribution is 2.26. The largest absolute Gasteiger partial charge is 0.461 e. The molecule has 34 heavy (non-hydrogen) atoms. The summed E-state index contributed by atoms with van der Waals surface area (Å²) >= 11 is 1.41. The summed E-state index contributed by atoms with van der Waals surface area (Å²) in [5.41, 5.74) is 0.716. The van der Waals surface area contributed by atoms with Crippen LogP contribution >= 0.6 is 11.8 Å². The van der Waals surface area contributed by atoms with Gasteiger partial charge in [0.25, 0.3) is 5.91 Å². The van der Waals surface area contributed by atoms with Crippen LogP contribution in [0.15, 0.2) is 58.3 Å². The van der Waals surface area contributed by atoms with E-state index in [-0.39, 0.29) is 17.9 Å². The molecule has 4 rings (SSSR count). The van der Waals surface area contributed by atoms with Crippen molar-refractivity contribution < 1.29 is 14.0 Å². The Labute approximate surface area is 204 Å². The maximum atomic E-state index is 13.2. The Morgan fingerprint density at radius 3 is 2.50 bits per heavy atom. The molecule has 2 aromatic heterocycles. The highest BCUT2D eigenvalue weighted by molar-refractivity contribution is 7.99. The topological polar surface area (TPSA) is 84.5 Å². The maximum Gasteiger partial charge on any atom is 0.253 e. The molecule has 3 aromatic rings. The van der Waals surface area contributed by atoms with Crippen LogP contribution in [0.5, 0.6) is 0 Å². The standard InChI is InChI=1S/C25H31N5O3S/c1-3-14-30(20-12-15-28(16-13-20)24(32)19-9-6-5-7-10-19)22(31)18-34-25-27-26-23(29(25)4-2)21-11-8-17-33-21/h5-11,17,20H,3-4,12-16,18H2,1-2H3. The number of piperidine rings is 1. The highest BCUT2D eigenvalue weighted by Gasteiger charge is 2.30. The number of hydrogen-bond acceptors (Lipinski definition) is 6. The Balaban J connectivity index is 1.36. The molecule has 1 fully saturated rings. The predicted octanol–water partition coefficient (Wildman–Crippen LogP) is 4.19. The second-order valence-electron chi connectivity index (χ2n) is 8.29. The maximum absolute atomic E-state index is 13.2. The zero-order valence-corrected chi connectivity index (χ0v) is 20.5. The van der Waals surface area contributed by atoms with Gasteiger partial charge in [0, 0.05) is 37.8 Å². The third-order valence-corrected chi connectivity index (χ3v) is 7.05. The van der Waals surface area contributed by atoms with Crippen LogP contribution in [-0.2, 0) is 11.3 Å². The number of furan rings is 1. The number of likely N-dealkylation sites (tertiary alicyclic amines) is 1. The number of thioether (sulfide) groups is 1.